The number of para-hydroxylation sites is 1. The first-order chi connectivity index (χ1) is 33.3. The normalized spacial score (nSPS) is 22.2. The van der Waals surface area contributed by atoms with Gasteiger partial charge in [0.1, 0.15) is 0 Å². The number of anilines is 3. The molecular weight excluding hydrogens is 567 g/mol. The average molecular weight is 629 g/mol. The van der Waals surface area contributed by atoms with Crippen molar-refractivity contribution in [3.05, 3.63) is 173 Å². The van der Waals surface area contributed by atoms with Crippen LogP contribution in [0.5, 0.6) is 0 Å². The molecule has 0 saturated carbocycles. The van der Waals surface area contributed by atoms with Gasteiger partial charge in [-0.15, -0.1) is 0 Å². The summed E-state index contributed by atoms with van der Waals surface area (Å²) < 4.78 is 227. The van der Waals surface area contributed by atoms with E-state index in [9.17, 15) is 13.7 Å². The average Bonchev–Trinajstić information content (AvgIpc) is 3.57. The van der Waals surface area contributed by atoms with E-state index in [-0.39, 0.29) is 55.3 Å². The maximum Gasteiger partial charge on any atom is 0.0648 e. The minimum Gasteiger partial charge on any atom is -0.310 e. The summed E-state index contributed by atoms with van der Waals surface area (Å²) in [6.07, 6.45) is 0. The minimum absolute atomic E-state index is 0.0451. The molecule has 2 aliphatic carbocycles. The summed E-state index contributed by atoms with van der Waals surface area (Å²) in [7, 11) is 0. The predicted octanol–water partition coefficient (Wildman–Crippen LogP) is 12.6. The number of benzene rings is 7. The Labute approximate surface area is 312 Å². The van der Waals surface area contributed by atoms with E-state index in [1.165, 1.54) is 27.7 Å². The molecule has 0 fully saturated rings. The van der Waals surface area contributed by atoms with Crippen molar-refractivity contribution in [2.24, 2.45) is 0 Å². The molecule has 2 aliphatic rings. The molecule has 0 heterocycles. The van der Waals surface area contributed by atoms with Crippen LogP contribution in [-0.4, -0.2) is 0 Å². The Morgan fingerprint density at radius 3 is 1.74 bits per heavy atom. The van der Waals surface area contributed by atoms with E-state index in [0.717, 1.165) is 0 Å². The molecule has 7 aromatic carbocycles. The molecule has 226 valence electrons. The topological polar surface area (TPSA) is 3.24 Å². The first kappa shape index (κ1) is 12.3. The highest BCUT2D eigenvalue weighted by atomic mass is 15.1. The van der Waals surface area contributed by atoms with Crippen molar-refractivity contribution in [1.82, 2.24) is 0 Å². The summed E-state index contributed by atoms with van der Waals surface area (Å²) in [6, 6.07) is -20.4. The van der Waals surface area contributed by atoms with Crippen LogP contribution < -0.4 is 4.90 Å². The summed E-state index contributed by atoms with van der Waals surface area (Å²) >= 11 is 0. The zero-order chi connectivity index (χ0) is 53.7. The Bertz CT molecular complexity index is 3710. The van der Waals surface area contributed by atoms with Gasteiger partial charge in [0, 0.05) is 27.9 Å². The summed E-state index contributed by atoms with van der Waals surface area (Å²) in [5.74, 6) is 0. The summed E-state index contributed by atoms with van der Waals surface area (Å²) in [4.78, 5) is 0.560. The molecule has 0 atom stereocenters. The first-order valence-electron chi connectivity index (χ1n) is 27.2. The molecule has 0 radical (unpaired) electrons. The van der Waals surface area contributed by atoms with Crippen molar-refractivity contribution in [3.8, 4) is 33.4 Å². The van der Waals surface area contributed by atoms with E-state index in [1.54, 1.807) is 0 Å². The van der Waals surface area contributed by atoms with Gasteiger partial charge in [-0.25, -0.2) is 0 Å². The van der Waals surface area contributed by atoms with E-state index in [0.29, 0.717) is 4.90 Å². The Kier molecular flexibility index (Phi) is 2.63. The summed E-state index contributed by atoms with van der Waals surface area (Å²) in [5, 5.41) is -0.558. The first-order valence-corrected chi connectivity index (χ1v) is 14.7. The Hall–Kier alpha value is -5.40. The molecule has 47 heavy (non-hydrogen) atoms. The van der Waals surface area contributed by atoms with Crippen LogP contribution in [0.3, 0.4) is 0 Å². The number of hydrogen-bond acceptors (Lipinski definition) is 1. The highest BCUT2D eigenvalue weighted by Gasteiger charge is 2.36. The van der Waals surface area contributed by atoms with E-state index in [4.69, 9.17) is 20.6 Å². The molecule has 0 aromatic heterocycles. The van der Waals surface area contributed by atoms with Gasteiger partial charge in [0.05, 0.1) is 34.3 Å². The predicted molar refractivity (Wildman–Crippen MR) is 199 cm³/mol. The van der Waals surface area contributed by atoms with Crippen LogP contribution in [0.1, 0.15) is 84.2 Å². The van der Waals surface area contributed by atoms with Crippen LogP contribution in [-0.2, 0) is 10.8 Å². The fourth-order valence-electron chi connectivity index (χ4n) is 6.55. The summed E-state index contributed by atoms with van der Waals surface area (Å²) in [6.45, 7) is 6.00. The lowest BCUT2D eigenvalue weighted by Crippen LogP contribution is -2.23. The second-order valence-corrected chi connectivity index (χ2v) is 12.3. The van der Waals surface area contributed by atoms with Crippen molar-refractivity contribution >= 4 is 27.8 Å². The quantitative estimate of drug-likeness (QED) is 0.187. The van der Waals surface area contributed by atoms with Gasteiger partial charge < -0.3 is 4.90 Å². The third kappa shape index (κ3) is 4.02. The lowest BCUT2D eigenvalue weighted by atomic mass is 9.67. The van der Waals surface area contributed by atoms with Crippen molar-refractivity contribution in [2.45, 2.75) is 38.5 Å². The maximum absolute atomic E-state index is 9.84. The fourth-order valence-corrected chi connectivity index (χ4v) is 6.55. The standard InChI is InChI=1S/C46H37N/c1-45(2)40-19-11-9-17-38(40)44-35(27-23-31-13-12-20-41(45)43(31)44)30-21-24-33(25-22-30)47(32-14-6-5-7-15-32)34-26-28-37-36-16-8-10-18-39(36)46(3,4)42(37)29-34/h5-29H,1-4H3/i5D,6D,7D,8D,9D,10D,11D,12D,13D,14D,15D,16D,17D,18D,19D,20D,21D,22D,23D,24D,25D,26D,27D,28D,29D. The lowest BCUT2D eigenvalue weighted by molar-refractivity contribution is 0.645. The molecule has 7 aromatic rings. The van der Waals surface area contributed by atoms with Gasteiger partial charge in [-0.3, -0.25) is 0 Å². The number of fused-ring (bicyclic) bond motifs is 5. The van der Waals surface area contributed by atoms with Gasteiger partial charge in [-0.2, -0.15) is 0 Å². The van der Waals surface area contributed by atoms with Crippen LogP contribution in [0, 0.1) is 0 Å². The monoisotopic (exact) mass is 628 g/mol. The van der Waals surface area contributed by atoms with Crippen LogP contribution in [0.25, 0.3) is 44.2 Å². The van der Waals surface area contributed by atoms with E-state index >= 15 is 0 Å². The largest absolute Gasteiger partial charge is 0.310 e. The molecule has 0 saturated heterocycles. The highest BCUT2D eigenvalue weighted by molar-refractivity contribution is 6.09. The molecule has 0 amide bonds. The zero-order valence-electron chi connectivity index (χ0n) is 50.4. The van der Waals surface area contributed by atoms with Gasteiger partial charge in [0.15, 0.2) is 0 Å². The highest BCUT2D eigenvalue weighted by Crippen LogP contribution is 2.53. The minimum atomic E-state index is -1.58. The maximum atomic E-state index is 9.84. The molecule has 0 N–H and O–H groups in total. The van der Waals surface area contributed by atoms with Crippen LogP contribution in [0.2, 0.25) is 0 Å². The van der Waals surface area contributed by atoms with Crippen molar-refractivity contribution in [3.63, 3.8) is 0 Å². The molecule has 1 nitrogen and oxygen atoms in total. The van der Waals surface area contributed by atoms with Crippen LogP contribution >= 0.6 is 0 Å². The van der Waals surface area contributed by atoms with E-state index in [2.05, 4.69) is 0 Å². The third-order valence-corrected chi connectivity index (χ3v) is 8.88. The molecule has 0 unspecified atom stereocenters. The zero-order valence-corrected chi connectivity index (χ0v) is 25.4. The Morgan fingerprint density at radius 1 is 0.426 bits per heavy atom. The van der Waals surface area contributed by atoms with Gasteiger partial charge in [-0.1, -0.05) is 143 Å². The van der Waals surface area contributed by atoms with E-state index in [1.807, 2.05) is 0 Å². The molecule has 0 aliphatic heterocycles. The van der Waals surface area contributed by atoms with E-state index < -0.39 is 190 Å². The second-order valence-electron chi connectivity index (χ2n) is 12.3. The molecule has 0 spiro atoms. The second kappa shape index (κ2) is 10.0. The van der Waals surface area contributed by atoms with Crippen molar-refractivity contribution in [2.75, 3.05) is 4.90 Å². The SMILES string of the molecule is [2H]c1c([2H])c([2H])c(N(c2c([2H])c([2H])c(-c3c([2H])c([2H])c4c([2H])c([2H])c([2H])c5c4c3-c3c([2H])c([2H])c([2H])c([2H])c3C5(C)C)c([2H])c2[2H])c2c([2H])c([2H])c3c(c2[2H])C(C)(C)c2c([2H])c([2H])c([2H])c([2H])c2-3)c([2H])c1[2H]. The van der Waals surface area contributed by atoms with Gasteiger partial charge in [0.25, 0.3) is 0 Å². The van der Waals surface area contributed by atoms with Gasteiger partial charge >= 0.3 is 0 Å². The third-order valence-electron chi connectivity index (χ3n) is 8.88. The molecule has 9 rings (SSSR count). The van der Waals surface area contributed by atoms with Crippen LogP contribution in [0.15, 0.2) is 151 Å². The number of rotatable bonds is 4. The van der Waals surface area contributed by atoms with Gasteiger partial charge in [-0.05, 0) is 103 Å². The van der Waals surface area contributed by atoms with Crippen LogP contribution in [0.4, 0.5) is 17.1 Å². The fraction of sp³-hybridized carbons (Fsp3) is 0.130. The smallest absolute Gasteiger partial charge is 0.0648 e. The van der Waals surface area contributed by atoms with Crippen molar-refractivity contribution < 1.29 is 34.3 Å². The Morgan fingerprint density at radius 2 is 0.979 bits per heavy atom. The summed E-state index contributed by atoms with van der Waals surface area (Å²) in [5.41, 5.74) is -8.76. The molecule has 1 heteroatoms. The molecular formula is C46H37N. The Balaban J connectivity index is 1.48. The molecule has 0 bridgehead atoms. The van der Waals surface area contributed by atoms with Crippen molar-refractivity contribution in [1.29, 1.82) is 0 Å². The number of hydrogen-bond donors (Lipinski definition) is 0. The lowest BCUT2D eigenvalue weighted by Gasteiger charge is -2.36. The van der Waals surface area contributed by atoms with Gasteiger partial charge in [0.2, 0.25) is 0 Å². The number of nitrogens with zero attached hydrogens (tertiary/aromatic N) is 1.